The molecule has 0 unspecified atom stereocenters. The van der Waals surface area contributed by atoms with Crippen LogP contribution >= 0.6 is 0 Å². The van der Waals surface area contributed by atoms with Crippen LogP contribution in [0.25, 0.3) is 0 Å². The predicted molar refractivity (Wildman–Crippen MR) is 122 cm³/mol. The van der Waals surface area contributed by atoms with E-state index in [1.54, 1.807) is 48.8 Å². The molecule has 1 atom stereocenters. The molecule has 4 rings (SSSR count). The standard InChI is InChI=1S/C27H22N2O3/c30-25(29-26(20-7-3-1-4-8-20)21-15-17-28-18-16-21)19-32-24-13-11-23(12-14-24)27(31)22-9-5-2-6-10-22/h1-18,26H,19H2,(H,29,30)/t26-/m1/s1. The highest BCUT2D eigenvalue weighted by Crippen LogP contribution is 2.21. The number of benzene rings is 3. The number of nitrogens with one attached hydrogen (secondary N) is 1. The van der Waals surface area contributed by atoms with E-state index in [1.165, 1.54) is 0 Å². The van der Waals surface area contributed by atoms with Crippen molar-refractivity contribution >= 4 is 11.7 Å². The number of carbonyl (C=O) groups excluding carboxylic acids is 2. The normalized spacial score (nSPS) is 11.4. The topological polar surface area (TPSA) is 68.3 Å². The molecule has 0 aliphatic heterocycles. The molecule has 4 aromatic rings. The van der Waals surface area contributed by atoms with Crippen molar-refractivity contribution in [3.05, 3.63) is 132 Å². The van der Waals surface area contributed by atoms with Gasteiger partial charge in [0.05, 0.1) is 6.04 Å². The Labute approximate surface area is 186 Å². The summed E-state index contributed by atoms with van der Waals surface area (Å²) >= 11 is 0. The summed E-state index contributed by atoms with van der Waals surface area (Å²) in [6.45, 7) is -0.138. The first kappa shape index (κ1) is 21.0. The highest BCUT2D eigenvalue weighted by atomic mass is 16.5. The molecule has 1 amide bonds. The molecule has 0 saturated carbocycles. The summed E-state index contributed by atoms with van der Waals surface area (Å²) in [6, 6.07) is 29.1. The van der Waals surface area contributed by atoms with Crippen molar-refractivity contribution in [2.45, 2.75) is 6.04 Å². The zero-order valence-electron chi connectivity index (χ0n) is 17.3. The molecule has 1 aromatic heterocycles. The first-order valence-corrected chi connectivity index (χ1v) is 10.3. The van der Waals surface area contributed by atoms with Crippen LogP contribution in [0.1, 0.15) is 33.1 Å². The van der Waals surface area contributed by atoms with E-state index >= 15 is 0 Å². The number of hydrogen-bond donors (Lipinski definition) is 1. The van der Waals surface area contributed by atoms with Gasteiger partial charge in [0.1, 0.15) is 5.75 Å². The summed E-state index contributed by atoms with van der Waals surface area (Å²) in [4.78, 5) is 29.2. The number of carbonyl (C=O) groups is 2. The van der Waals surface area contributed by atoms with Crippen LogP contribution in [0.4, 0.5) is 0 Å². The van der Waals surface area contributed by atoms with Gasteiger partial charge in [0.2, 0.25) is 0 Å². The average molecular weight is 422 g/mol. The number of aromatic nitrogens is 1. The summed E-state index contributed by atoms with van der Waals surface area (Å²) in [5.74, 6) is 0.211. The molecule has 0 saturated heterocycles. The molecular weight excluding hydrogens is 400 g/mol. The van der Waals surface area contributed by atoms with E-state index in [4.69, 9.17) is 4.74 Å². The van der Waals surface area contributed by atoms with E-state index in [9.17, 15) is 9.59 Å². The highest BCUT2D eigenvalue weighted by Gasteiger charge is 2.17. The summed E-state index contributed by atoms with van der Waals surface area (Å²) in [5, 5.41) is 3.03. The molecule has 32 heavy (non-hydrogen) atoms. The van der Waals surface area contributed by atoms with Crippen LogP contribution in [-0.4, -0.2) is 23.3 Å². The Morgan fingerprint density at radius 1 is 0.719 bits per heavy atom. The lowest BCUT2D eigenvalue weighted by Crippen LogP contribution is -2.33. The van der Waals surface area contributed by atoms with Gasteiger partial charge in [0, 0.05) is 23.5 Å². The number of hydrogen-bond acceptors (Lipinski definition) is 4. The molecule has 1 heterocycles. The van der Waals surface area contributed by atoms with Gasteiger partial charge in [-0.15, -0.1) is 0 Å². The minimum Gasteiger partial charge on any atom is -0.484 e. The quantitative estimate of drug-likeness (QED) is 0.422. The van der Waals surface area contributed by atoms with Crippen molar-refractivity contribution in [3.63, 3.8) is 0 Å². The van der Waals surface area contributed by atoms with Crippen molar-refractivity contribution in [3.8, 4) is 5.75 Å². The molecular formula is C27H22N2O3. The molecule has 3 aromatic carbocycles. The van der Waals surface area contributed by atoms with Gasteiger partial charge in [-0.1, -0.05) is 60.7 Å². The summed E-state index contributed by atoms with van der Waals surface area (Å²) in [5.41, 5.74) is 3.09. The molecule has 5 heteroatoms. The largest absolute Gasteiger partial charge is 0.484 e. The molecule has 5 nitrogen and oxygen atoms in total. The molecule has 0 aliphatic carbocycles. The maximum atomic E-state index is 12.6. The fourth-order valence-corrected chi connectivity index (χ4v) is 3.37. The van der Waals surface area contributed by atoms with Gasteiger partial charge in [-0.25, -0.2) is 0 Å². The van der Waals surface area contributed by atoms with E-state index in [-0.39, 0.29) is 24.3 Å². The third kappa shape index (κ3) is 5.26. The summed E-state index contributed by atoms with van der Waals surface area (Å²) < 4.78 is 5.65. The van der Waals surface area contributed by atoms with Crippen LogP contribution in [0.5, 0.6) is 5.75 Å². The molecule has 0 spiro atoms. The average Bonchev–Trinajstić information content (AvgIpc) is 2.87. The number of amides is 1. The van der Waals surface area contributed by atoms with Crippen LogP contribution in [-0.2, 0) is 4.79 Å². The Hall–Kier alpha value is -4.25. The fraction of sp³-hybridized carbons (Fsp3) is 0.0741. The van der Waals surface area contributed by atoms with Crippen LogP contribution in [0, 0.1) is 0 Å². The Balaban J connectivity index is 1.39. The number of ether oxygens (including phenoxy) is 1. The van der Waals surface area contributed by atoms with Gasteiger partial charge in [-0.05, 0) is 47.5 Å². The van der Waals surface area contributed by atoms with Crippen LogP contribution in [0.15, 0.2) is 109 Å². The van der Waals surface area contributed by atoms with Crippen LogP contribution in [0.3, 0.4) is 0 Å². The van der Waals surface area contributed by atoms with E-state index in [2.05, 4.69) is 10.3 Å². The third-order valence-electron chi connectivity index (χ3n) is 5.00. The Morgan fingerprint density at radius 2 is 1.28 bits per heavy atom. The molecule has 0 radical (unpaired) electrons. The SMILES string of the molecule is O=C(COc1ccc(C(=O)c2ccccc2)cc1)N[C@H](c1ccccc1)c1ccncc1. The van der Waals surface area contributed by atoms with Gasteiger partial charge < -0.3 is 10.1 Å². The van der Waals surface area contributed by atoms with E-state index in [0.29, 0.717) is 16.9 Å². The molecule has 0 fully saturated rings. The van der Waals surface area contributed by atoms with Crippen molar-refractivity contribution in [2.75, 3.05) is 6.61 Å². The van der Waals surface area contributed by atoms with Gasteiger partial charge in [0.15, 0.2) is 12.4 Å². The summed E-state index contributed by atoms with van der Waals surface area (Å²) in [6.07, 6.45) is 3.40. The van der Waals surface area contributed by atoms with Gasteiger partial charge in [-0.3, -0.25) is 14.6 Å². The lowest BCUT2D eigenvalue weighted by atomic mass is 10.00. The lowest BCUT2D eigenvalue weighted by molar-refractivity contribution is -0.123. The minimum atomic E-state index is -0.304. The second kappa shape index (κ2) is 10.2. The minimum absolute atomic E-state index is 0.0575. The second-order valence-corrected chi connectivity index (χ2v) is 7.20. The van der Waals surface area contributed by atoms with E-state index in [0.717, 1.165) is 11.1 Å². The first-order chi connectivity index (χ1) is 15.7. The first-order valence-electron chi connectivity index (χ1n) is 10.3. The lowest BCUT2D eigenvalue weighted by Gasteiger charge is -2.20. The maximum Gasteiger partial charge on any atom is 0.258 e. The number of rotatable bonds is 8. The summed E-state index contributed by atoms with van der Waals surface area (Å²) in [7, 11) is 0. The Morgan fingerprint density at radius 3 is 1.94 bits per heavy atom. The number of pyridine rings is 1. The molecule has 0 aliphatic rings. The molecule has 158 valence electrons. The predicted octanol–water partition coefficient (Wildman–Crippen LogP) is 4.60. The van der Waals surface area contributed by atoms with Crippen molar-refractivity contribution < 1.29 is 14.3 Å². The van der Waals surface area contributed by atoms with Crippen molar-refractivity contribution in [2.24, 2.45) is 0 Å². The maximum absolute atomic E-state index is 12.6. The number of ketones is 1. The molecule has 1 N–H and O–H groups in total. The zero-order chi connectivity index (χ0) is 22.2. The third-order valence-corrected chi connectivity index (χ3v) is 5.00. The zero-order valence-corrected chi connectivity index (χ0v) is 17.3. The van der Waals surface area contributed by atoms with E-state index < -0.39 is 0 Å². The van der Waals surface area contributed by atoms with Crippen LogP contribution < -0.4 is 10.1 Å². The molecule has 0 bridgehead atoms. The van der Waals surface area contributed by atoms with Crippen LogP contribution in [0.2, 0.25) is 0 Å². The fourth-order valence-electron chi connectivity index (χ4n) is 3.37. The monoisotopic (exact) mass is 422 g/mol. The van der Waals surface area contributed by atoms with Gasteiger partial charge in [0.25, 0.3) is 5.91 Å². The van der Waals surface area contributed by atoms with Gasteiger partial charge in [-0.2, -0.15) is 0 Å². The smallest absolute Gasteiger partial charge is 0.258 e. The second-order valence-electron chi connectivity index (χ2n) is 7.20. The van der Waals surface area contributed by atoms with E-state index in [1.807, 2.05) is 60.7 Å². The Kier molecular flexibility index (Phi) is 6.68. The van der Waals surface area contributed by atoms with Gasteiger partial charge >= 0.3 is 0 Å². The Bertz CT molecular complexity index is 1120. The highest BCUT2D eigenvalue weighted by molar-refractivity contribution is 6.08. The van der Waals surface area contributed by atoms with Crippen molar-refractivity contribution in [1.29, 1.82) is 0 Å². The van der Waals surface area contributed by atoms with Crippen molar-refractivity contribution in [1.82, 2.24) is 10.3 Å². The number of nitrogens with zero attached hydrogens (tertiary/aromatic N) is 1.